The molecule has 1 aliphatic rings. The number of fused-ring (bicyclic) bond motifs is 3. The summed E-state index contributed by atoms with van der Waals surface area (Å²) in [5.41, 5.74) is 4.25. The molecule has 146 valence electrons. The standard InChI is InChI=1S/C25H18N2O2S/c1-17-11-14-20(15-12-17)30(28,29)27-25-22-16-13-18-7-5-6-10-21(18)24(22)26-23(25)19-8-3-2-4-9-19/h2-16H,1H3/b27-25+. The van der Waals surface area contributed by atoms with Crippen LogP contribution in [0, 0.1) is 6.92 Å². The summed E-state index contributed by atoms with van der Waals surface area (Å²) >= 11 is 0. The molecule has 5 rings (SSSR count). The van der Waals surface area contributed by atoms with Crippen LogP contribution in [0.5, 0.6) is 0 Å². The molecule has 0 radical (unpaired) electrons. The molecule has 0 bridgehead atoms. The first-order valence-electron chi connectivity index (χ1n) is 9.61. The Morgan fingerprint density at radius 3 is 2.23 bits per heavy atom. The Labute approximate surface area is 175 Å². The SMILES string of the molecule is Cc1ccc(S(=O)(=O)/N=C2/C(c3ccccc3)=Nc3c2ccc2ccccc32)cc1. The smallest absolute Gasteiger partial charge is 0.245 e. The minimum absolute atomic E-state index is 0.169. The third-order valence-electron chi connectivity index (χ3n) is 5.18. The molecule has 0 fully saturated rings. The summed E-state index contributed by atoms with van der Waals surface area (Å²) in [6, 6.07) is 28.1. The van der Waals surface area contributed by atoms with Gasteiger partial charge in [-0.3, -0.25) is 0 Å². The number of aryl methyl sites for hydroxylation is 1. The third-order valence-corrected chi connectivity index (χ3v) is 6.47. The van der Waals surface area contributed by atoms with Gasteiger partial charge in [-0.25, -0.2) is 4.99 Å². The topological polar surface area (TPSA) is 58.9 Å². The van der Waals surface area contributed by atoms with Gasteiger partial charge >= 0.3 is 0 Å². The fourth-order valence-electron chi connectivity index (χ4n) is 3.63. The van der Waals surface area contributed by atoms with Crippen molar-refractivity contribution in [1.82, 2.24) is 0 Å². The summed E-state index contributed by atoms with van der Waals surface area (Å²) in [6.07, 6.45) is 0. The molecule has 1 aliphatic heterocycles. The molecule has 30 heavy (non-hydrogen) atoms. The van der Waals surface area contributed by atoms with Gasteiger partial charge in [0.1, 0.15) is 5.71 Å². The van der Waals surface area contributed by atoms with E-state index in [1.54, 1.807) is 24.3 Å². The molecule has 0 atom stereocenters. The average Bonchev–Trinajstić information content (AvgIpc) is 3.13. The van der Waals surface area contributed by atoms with Gasteiger partial charge in [-0.15, -0.1) is 0 Å². The molecule has 4 nitrogen and oxygen atoms in total. The predicted molar refractivity (Wildman–Crippen MR) is 121 cm³/mol. The van der Waals surface area contributed by atoms with Crippen molar-refractivity contribution in [2.75, 3.05) is 0 Å². The zero-order valence-electron chi connectivity index (χ0n) is 16.3. The van der Waals surface area contributed by atoms with Crippen molar-refractivity contribution in [3.05, 3.63) is 108 Å². The fraction of sp³-hybridized carbons (Fsp3) is 0.0400. The van der Waals surface area contributed by atoms with Gasteiger partial charge in [0, 0.05) is 16.5 Å². The second-order valence-corrected chi connectivity index (χ2v) is 8.84. The Kier molecular flexibility index (Phi) is 4.33. The van der Waals surface area contributed by atoms with Gasteiger partial charge in [0.25, 0.3) is 10.0 Å². The molecule has 0 spiro atoms. The summed E-state index contributed by atoms with van der Waals surface area (Å²) < 4.78 is 30.5. The quantitative estimate of drug-likeness (QED) is 0.450. The fourth-order valence-corrected chi connectivity index (χ4v) is 4.64. The van der Waals surface area contributed by atoms with Gasteiger partial charge in [-0.05, 0) is 30.5 Å². The number of sulfonamides is 1. The summed E-state index contributed by atoms with van der Waals surface area (Å²) in [4.78, 5) is 5.01. The van der Waals surface area contributed by atoms with E-state index in [4.69, 9.17) is 4.99 Å². The second-order valence-electron chi connectivity index (χ2n) is 7.24. The van der Waals surface area contributed by atoms with Gasteiger partial charge in [0.05, 0.1) is 16.3 Å². The minimum Gasteiger partial charge on any atom is -0.245 e. The van der Waals surface area contributed by atoms with Crippen molar-refractivity contribution >= 4 is 37.9 Å². The molecule has 1 heterocycles. The highest BCUT2D eigenvalue weighted by Crippen LogP contribution is 2.37. The van der Waals surface area contributed by atoms with E-state index in [2.05, 4.69) is 4.40 Å². The lowest BCUT2D eigenvalue weighted by atomic mass is 9.99. The van der Waals surface area contributed by atoms with Gasteiger partial charge in [0.2, 0.25) is 0 Å². The van der Waals surface area contributed by atoms with Crippen molar-refractivity contribution in [3.63, 3.8) is 0 Å². The lowest BCUT2D eigenvalue weighted by molar-refractivity contribution is 0.598. The maximum atomic E-state index is 13.1. The number of hydrogen-bond acceptors (Lipinski definition) is 3. The van der Waals surface area contributed by atoms with E-state index in [1.165, 1.54) is 0 Å². The van der Waals surface area contributed by atoms with Crippen LogP contribution in [0.2, 0.25) is 0 Å². The van der Waals surface area contributed by atoms with Crippen LogP contribution in [0.15, 0.2) is 105 Å². The predicted octanol–water partition coefficient (Wildman–Crippen LogP) is 5.46. The van der Waals surface area contributed by atoms with Gasteiger partial charge < -0.3 is 0 Å². The Bertz CT molecular complexity index is 1440. The van der Waals surface area contributed by atoms with Crippen LogP contribution in [0.3, 0.4) is 0 Å². The lowest BCUT2D eigenvalue weighted by Gasteiger charge is -2.07. The normalized spacial score (nSPS) is 14.7. The molecule has 0 amide bonds. The van der Waals surface area contributed by atoms with Crippen molar-refractivity contribution in [2.45, 2.75) is 11.8 Å². The zero-order chi connectivity index (χ0) is 20.7. The molecular formula is C25H18N2O2S. The number of hydrogen-bond donors (Lipinski definition) is 0. The van der Waals surface area contributed by atoms with E-state index in [0.29, 0.717) is 11.4 Å². The van der Waals surface area contributed by atoms with Crippen LogP contribution in [0.4, 0.5) is 5.69 Å². The molecule has 0 saturated carbocycles. The van der Waals surface area contributed by atoms with Crippen LogP contribution in [0.25, 0.3) is 10.8 Å². The second kappa shape index (κ2) is 7.04. The van der Waals surface area contributed by atoms with E-state index in [-0.39, 0.29) is 4.90 Å². The summed E-state index contributed by atoms with van der Waals surface area (Å²) in [5.74, 6) is 0. The third kappa shape index (κ3) is 3.13. The minimum atomic E-state index is -3.89. The Morgan fingerprint density at radius 2 is 1.47 bits per heavy atom. The van der Waals surface area contributed by atoms with Gasteiger partial charge in [-0.1, -0.05) is 78.4 Å². The number of aliphatic imine (C=N–C) groups is 1. The molecule has 0 unspecified atom stereocenters. The van der Waals surface area contributed by atoms with Crippen LogP contribution in [0.1, 0.15) is 16.7 Å². The highest BCUT2D eigenvalue weighted by Gasteiger charge is 2.28. The lowest BCUT2D eigenvalue weighted by Crippen LogP contribution is -2.15. The van der Waals surface area contributed by atoms with Crippen molar-refractivity contribution in [3.8, 4) is 0 Å². The molecule has 5 heteroatoms. The maximum absolute atomic E-state index is 13.1. The highest BCUT2D eigenvalue weighted by atomic mass is 32.2. The monoisotopic (exact) mass is 410 g/mol. The van der Waals surface area contributed by atoms with Crippen molar-refractivity contribution in [2.24, 2.45) is 9.39 Å². The summed E-state index contributed by atoms with van der Waals surface area (Å²) in [5, 5.41) is 2.02. The Morgan fingerprint density at radius 1 is 0.767 bits per heavy atom. The van der Waals surface area contributed by atoms with Crippen molar-refractivity contribution in [1.29, 1.82) is 0 Å². The molecule has 0 N–H and O–H groups in total. The largest absolute Gasteiger partial charge is 0.282 e. The van der Waals surface area contributed by atoms with Gasteiger partial charge in [0.15, 0.2) is 0 Å². The first-order chi connectivity index (χ1) is 14.5. The van der Waals surface area contributed by atoms with Crippen LogP contribution in [-0.2, 0) is 10.0 Å². The number of rotatable bonds is 3. The van der Waals surface area contributed by atoms with E-state index in [1.807, 2.05) is 73.7 Å². The molecule has 0 saturated heterocycles. The van der Waals surface area contributed by atoms with Crippen LogP contribution < -0.4 is 0 Å². The summed E-state index contributed by atoms with van der Waals surface area (Å²) in [7, 11) is -3.89. The maximum Gasteiger partial charge on any atom is 0.282 e. The molecular weight excluding hydrogens is 392 g/mol. The Hall–Kier alpha value is -3.57. The molecule has 4 aromatic rings. The zero-order valence-corrected chi connectivity index (χ0v) is 17.1. The molecule has 4 aromatic carbocycles. The van der Waals surface area contributed by atoms with Crippen LogP contribution in [-0.4, -0.2) is 19.8 Å². The first kappa shape index (κ1) is 18.5. The Balaban J connectivity index is 1.76. The van der Waals surface area contributed by atoms with E-state index < -0.39 is 10.0 Å². The van der Waals surface area contributed by atoms with E-state index in [9.17, 15) is 8.42 Å². The van der Waals surface area contributed by atoms with Gasteiger partial charge in [-0.2, -0.15) is 12.8 Å². The summed E-state index contributed by atoms with van der Waals surface area (Å²) in [6.45, 7) is 1.92. The molecule has 0 aromatic heterocycles. The number of nitrogens with zero attached hydrogens (tertiary/aromatic N) is 2. The number of benzene rings is 4. The van der Waals surface area contributed by atoms with E-state index in [0.717, 1.165) is 33.2 Å². The molecule has 0 aliphatic carbocycles. The highest BCUT2D eigenvalue weighted by molar-refractivity contribution is 7.90. The average molecular weight is 410 g/mol. The van der Waals surface area contributed by atoms with Crippen LogP contribution >= 0.6 is 0 Å². The first-order valence-corrected chi connectivity index (χ1v) is 11.1. The van der Waals surface area contributed by atoms with E-state index >= 15 is 0 Å². The van der Waals surface area contributed by atoms with Crippen molar-refractivity contribution < 1.29 is 8.42 Å².